The molecule has 2 aliphatic carbocycles. The van der Waals surface area contributed by atoms with Crippen LogP contribution in [0.15, 0.2) is 0 Å². The molecule has 5 saturated heterocycles. The van der Waals surface area contributed by atoms with Crippen molar-refractivity contribution in [1.29, 1.82) is 0 Å². The fourth-order valence-corrected chi connectivity index (χ4v) is 8.83. The maximum atomic E-state index is 13.5. The van der Waals surface area contributed by atoms with Crippen LogP contribution in [0.5, 0.6) is 0 Å². The Morgan fingerprint density at radius 1 is 1.02 bits per heavy atom. The summed E-state index contributed by atoms with van der Waals surface area (Å²) in [6, 6.07) is 0.215. The zero-order valence-electron chi connectivity index (χ0n) is 29.0. The molecule has 7 aliphatic rings. The molecular formula is C34H60N8O6. The van der Waals surface area contributed by atoms with Gasteiger partial charge in [0.2, 0.25) is 11.8 Å². The predicted molar refractivity (Wildman–Crippen MR) is 178 cm³/mol. The first-order chi connectivity index (χ1) is 23.3. The van der Waals surface area contributed by atoms with Crippen molar-refractivity contribution in [2.75, 3.05) is 78.9 Å². The van der Waals surface area contributed by atoms with Gasteiger partial charge in [-0.25, -0.2) is 0 Å². The number of hydrogen-bond acceptors (Lipinski definition) is 12. The van der Waals surface area contributed by atoms with Crippen molar-refractivity contribution in [3.8, 4) is 0 Å². The van der Waals surface area contributed by atoms with E-state index in [4.69, 9.17) is 14.2 Å². The van der Waals surface area contributed by atoms with Gasteiger partial charge in [-0.2, -0.15) is 0 Å². The number of rotatable bonds is 12. The van der Waals surface area contributed by atoms with Crippen molar-refractivity contribution >= 4 is 11.8 Å². The van der Waals surface area contributed by atoms with Crippen molar-refractivity contribution in [3.05, 3.63) is 0 Å². The largest absolute Gasteiger partial charge is 0.390 e. The van der Waals surface area contributed by atoms with Crippen LogP contribution in [-0.2, 0) is 23.8 Å². The molecular weight excluding hydrogens is 616 g/mol. The molecule has 7 rings (SSSR count). The molecule has 0 spiro atoms. The van der Waals surface area contributed by atoms with E-state index >= 15 is 0 Å². The third kappa shape index (κ3) is 8.52. The highest BCUT2D eigenvalue weighted by atomic mass is 16.6. The highest BCUT2D eigenvalue weighted by Crippen LogP contribution is 2.41. The summed E-state index contributed by atoms with van der Waals surface area (Å²) < 4.78 is 17.5. The standard InChI is InChI=1S/C34H60N8O6/c1-21-27-7-8-40(15-24(27)5-6-29(21)47-19-30-22(2)36-20-48-30)16-26(43)14-35-32(44)28-13-31(37-25-17-46-18-25)39-34(38-28)42-11-9-41(10-12-42)33(45)23-3-4-23/h21-31,34,36-39,43H,3-20H2,1-2H3,(H,35,44)/t21?,22?,24?,26-,27?,28?,29?,30?,31?,34?/m0/s1. The van der Waals surface area contributed by atoms with Crippen molar-refractivity contribution in [2.24, 2.45) is 23.7 Å². The lowest BCUT2D eigenvalue weighted by Crippen LogP contribution is -2.73. The Hall–Kier alpha value is -1.46. The lowest BCUT2D eigenvalue weighted by Gasteiger charge is -2.47. The minimum atomic E-state index is -0.625. The number of carbonyl (C=O) groups excluding carboxylic acids is 2. The summed E-state index contributed by atoms with van der Waals surface area (Å²) in [5.41, 5.74) is 0. The van der Waals surface area contributed by atoms with Crippen molar-refractivity contribution in [2.45, 2.75) is 101 Å². The predicted octanol–water partition coefficient (Wildman–Crippen LogP) is -1.35. The molecule has 0 radical (unpaired) electrons. The van der Waals surface area contributed by atoms with Crippen LogP contribution in [0, 0.1) is 23.7 Å². The highest BCUT2D eigenvalue weighted by molar-refractivity contribution is 5.82. The summed E-state index contributed by atoms with van der Waals surface area (Å²) in [6.45, 7) is 12.8. The maximum Gasteiger partial charge on any atom is 0.237 e. The van der Waals surface area contributed by atoms with E-state index in [1.54, 1.807) is 0 Å². The lowest BCUT2D eigenvalue weighted by atomic mass is 9.68. The van der Waals surface area contributed by atoms with Gasteiger partial charge in [-0.1, -0.05) is 6.92 Å². The van der Waals surface area contributed by atoms with Gasteiger partial charge in [-0.3, -0.25) is 35.8 Å². The van der Waals surface area contributed by atoms with Crippen LogP contribution in [0.2, 0.25) is 0 Å². The van der Waals surface area contributed by atoms with Crippen molar-refractivity contribution < 1.29 is 28.9 Å². The zero-order valence-corrected chi connectivity index (χ0v) is 29.0. The Morgan fingerprint density at radius 3 is 2.54 bits per heavy atom. The SMILES string of the molecule is CC1NCOC1COC1CCC2CN(C[C@@H](O)CNC(=O)C3CC(NC4COC4)NC(N4CCN(C(=O)C5CC5)CC4)N3)CCC2C1C. The molecule has 9 unspecified atom stereocenters. The molecule has 272 valence electrons. The summed E-state index contributed by atoms with van der Waals surface area (Å²) in [7, 11) is 0. The second-order valence-electron chi connectivity index (χ2n) is 15.6. The van der Waals surface area contributed by atoms with Crippen LogP contribution in [0.3, 0.4) is 0 Å². The van der Waals surface area contributed by atoms with Crippen molar-refractivity contribution in [3.63, 3.8) is 0 Å². The van der Waals surface area contributed by atoms with Crippen LogP contribution in [-0.4, -0.2) is 159 Å². The lowest BCUT2D eigenvalue weighted by molar-refractivity contribution is -0.135. The van der Waals surface area contributed by atoms with E-state index in [1.807, 2.05) is 4.90 Å². The molecule has 7 fully saturated rings. The fraction of sp³-hybridized carbons (Fsp3) is 0.941. The first-order valence-corrected chi connectivity index (χ1v) is 18.8. The van der Waals surface area contributed by atoms with Crippen LogP contribution in [0.25, 0.3) is 0 Å². The third-order valence-corrected chi connectivity index (χ3v) is 12.2. The van der Waals surface area contributed by atoms with Gasteiger partial charge in [0, 0.05) is 64.2 Å². The zero-order chi connectivity index (χ0) is 33.2. The van der Waals surface area contributed by atoms with E-state index in [2.05, 4.69) is 50.2 Å². The summed E-state index contributed by atoms with van der Waals surface area (Å²) in [6.07, 6.45) is 5.56. The number of piperazine rings is 1. The summed E-state index contributed by atoms with van der Waals surface area (Å²) >= 11 is 0. The van der Waals surface area contributed by atoms with Gasteiger partial charge in [0.05, 0.1) is 63.1 Å². The summed E-state index contributed by atoms with van der Waals surface area (Å²) in [5, 5.41) is 28.2. The Bertz CT molecular complexity index is 1090. The average Bonchev–Trinajstić information content (AvgIpc) is 3.85. The quantitative estimate of drug-likeness (QED) is 0.145. The minimum absolute atomic E-state index is 0.0438. The molecule has 5 aliphatic heterocycles. The normalized spacial score (nSPS) is 39.1. The number of hydrogen-bond donors (Lipinski definition) is 6. The molecule has 14 heteroatoms. The summed E-state index contributed by atoms with van der Waals surface area (Å²) in [4.78, 5) is 32.8. The van der Waals surface area contributed by atoms with E-state index in [1.165, 1.54) is 0 Å². The van der Waals surface area contributed by atoms with E-state index in [0.717, 1.165) is 58.3 Å². The maximum absolute atomic E-state index is 13.5. The molecule has 10 atom stereocenters. The second-order valence-corrected chi connectivity index (χ2v) is 15.6. The first-order valence-electron chi connectivity index (χ1n) is 18.8. The minimum Gasteiger partial charge on any atom is -0.390 e. The number of aliphatic hydroxyl groups is 1. The van der Waals surface area contributed by atoms with E-state index in [-0.39, 0.29) is 49.1 Å². The highest BCUT2D eigenvalue weighted by Gasteiger charge is 2.42. The molecule has 0 aromatic heterocycles. The Labute approximate surface area is 285 Å². The topological polar surface area (TPSA) is 152 Å². The number of β-amino-alcohol motifs (C(OH)–C–C–N with tert-alkyl or cyclic N) is 1. The number of ether oxygens (including phenoxy) is 3. The van der Waals surface area contributed by atoms with Gasteiger partial charge in [0.1, 0.15) is 6.29 Å². The first kappa shape index (κ1) is 35.0. The van der Waals surface area contributed by atoms with E-state index in [0.29, 0.717) is 82.3 Å². The third-order valence-electron chi connectivity index (χ3n) is 12.2. The average molecular weight is 677 g/mol. The molecule has 5 heterocycles. The molecule has 0 aromatic rings. The van der Waals surface area contributed by atoms with Gasteiger partial charge in [0.15, 0.2) is 0 Å². The molecule has 0 aromatic carbocycles. The van der Waals surface area contributed by atoms with Gasteiger partial charge in [-0.05, 0) is 63.3 Å². The number of amides is 2. The van der Waals surface area contributed by atoms with Crippen molar-refractivity contribution in [1.82, 2.24) is 41.3 Å². The Balaban J connectivity index is 0.848. The van der Waals surface area contributed by atoms with Crippen LogP contribution in [0.1, 0.15) is 52.4 Å². The van der Waals surface area contributed by atoms with Crippen LogP contribution < -0.4 is 26.6 Å². The molecule has 48 heavy (non-hydrogen) atoms. The Kier molecular flexibility index (Phi) is 11.5. The monoisotopic (exact) mass is 676 g/mol. The van der Waals surface area contributed by atoms with Gasteiger partial charge in [-0.15, -0.1) is 0 Å². The number of aliphatic hydroxyl groups excluding tert-OH is 1. The number of nitrogens with one attached hydrogen (secondary N) is 5. The molecule has 6 N–H and O–H groups in total. The summed E-state index contributed by atoms with van der Waals surface area (Å²) in [5.74, 6) is 2.24. The molecule has 2 saturated carbocycles. The van der Waals surface area contributed by atoms with Crippen LogP contribution in [0.4, 0.5) is 0 Å². The Morgan fingerprint density at radius 2 is 1.83 bits per heavy atom. The number of carbonyl (C=O) groups is 2. The number of fused-ring (bicyclic) bond motifs is 1. The number of nitrogens with zero attached hydrogens (tertiary/aromatic N) is 3. The van der Waals surface area contributed by atoms with Gasteiger partial charge in [0.25, 0.3) is 0 Å². The number of likely N-dealkylation sites (tertiary alicyclic amines) is 1. The fourth-order valence-electron chi connectivity index (χ4n) is 8.83. The van der Waals surface area contributed by atoms with Gasteiger partial charge < -0.3 is 34.4 Å². The van der Waals surface area contributed by atoms with E-state index in [9.17, 15) is 14.7 Å². The van der Waals surface area contributed by atoms with E-state index < -0.39 is 12.1 Å². The molecule has 0 bridgehead atoms. The van der Waals surface area contributed by atoms with Gasteiger partial charge >= 0.3 is 0 Å². The molecule has 14 nitrogen and oxygen atoms in total. The molecule has 2 amide bonds. The number of piperidine rings is 1. The van der Waals surface area contributed by atoms with Crippen LogP contribution >= 0.6 is 0 Å². The smallest absolute Gasteiger partial charge is 0.237 e. The second kappa shape index (κ2) is 15.8.